The van der Waals surface area contributed by atoms with E-state index in [2.05, 4.69) is 20.5 Å². The van der Waals surface area contributed by atoms with Crippen LogP contribution >= 0.6 is 23.2 Å². The lowest BCUT2D eigenvalue weighted by molar-refractivity contribution is 0.102. The largest absolute Gasteiger partial charge is 0.401 e. The number of hydrogen-bond acceptors (Lipinski definition) is 5. The molecule has 0 aliphatic heterocycles. The number of nitrogens with zero attached hydrogens (tertiary/aromatic N) is 3. The molecule has 22 heavy (non-hydrogen) atoms. The first-order chi connectivity index (χ1) is 10.6. The van der Waals surface area contributed by atoms with Crippen molar-refractivity contribution in [3.8, 4) is 11.6 Å². The maximum Gasteiger partial charge on any atom is 0.322 e. The molecule has 1 N–H and O–H groups in total. The van der Waals surface area contributed by atoms with Gasteiger partial charge in [-0.3, -0.25) is 15.1 Å². The Kier molecular flexibility index (Phi) is 4.04. The number of carbonyl (C=O) groups excluding carboxylic acids is 1. The number of benzene rings is 1. The predicted octanol–water partition coefficient (Wildman–Crippen LogP) is 3.69. The SMILES string of the molecule is O=C(Nc1nnc(-c2ccccn2)o1)c1cc(Cl)cc(Cl)c1. The second-order valence-corrected chi connectivity index (χ2v) is 5.11. The molecule has 0 saturated heterocycles. The number of halogens is 2. The van der Waals surface area contributed by atoms with Crippen molar-refractivity contribution in [2.75, 3.05) is 5.32 Å². The lowest BCUT2D eigenvalue weighted by Gasteiger charge is -2.02. The molecule has 0 saturated carbocycles. The average molecular weight is 335 g/mol. The maximum atomic E-state index is 12.1. The van der Waals surface area contributed by atoms with E-state index in [1.165, 1.54) is 18.2 Å². The number of nitrogens with one attached hydrogen (secondary N) is 1. The van der Waals surface area contributed by atoms with Crippen LogP contribution in [0.1, 0.15) is 10.4 Å². The molecule has 0 aliphatic carbocycles. The van der Waals surface area contributed by atoms with E-state index >= 15 is 0 Å². The number of hydrogen-bond donors (Lipinski definition) is 1. The van der Waals surface area contributed by atoms with Crippen LogP contribution in [0.15, 0.2) is 47.0 Å². The van der Waals surface area contributed by atoms with Gasteiger partial charge in [0.05, 0.1) is 0 Å². The minimum Gasteiger partial charge on any atom is -0.401 e. The monoisotopic (exact) mass is 334 g/mol. The van der Waals surface area contributed by atoms with Gasteiger partial charge in [0.2, 0.25) is 0 Å². The van der Waals surface area contributed by atoms with Gasteiger partial charge >= 0.3 is 6.01 Å². The second kappa shape index (κ2) is 6.13. The van der Waals surface area contributed by atoms with Gasteiger partial charge in [0.15, 0.2) is 0 Å². The van der Waals surface area contributed by atoms with Crippen molar-refractivity contribution in [1.29, 1.82) is 0 Å². The summed E-state index contributed by atoms with van der Waals surface area (Å²) in [6.45, 7) is 0. The Morgan fingerprint density at radius 1 is 1.09 bits per heavy atom. The van der Waals surface area contributed by atoms with Crippen LogP contribution in [0.4, 0.5) is 6.01 Å². The van der Waals surface area contributed by atoms with E-state index < -0.39 is 5.91 Å². The Hall–Kier alpha value is -2.44. The van der Waals surface area contributed by atoms with E-state index in [0.717, 1.165) is 0 Å². The molecule has 3 rings (SSSR count). The Labute approximate surface area is 135 Å². The van der Waals surface area contributed by atoms with Gasteiger partial charge in [-0.25, -0.2) is 0 Å². The molecule has 6 nitrogen and oxygen atoms in total. The van der Waals surface area contributed by atoms with Crippen molar-refractivity contribution in [1.82, 2.24) is 15.2 Å². The van der Waals surface area contributed by atoms with Crippen molar-refractivity contribution in [2.45, 2.75) is 0 Å². The highest BCUT2D eigenvalue weighted by Gasteiger charge is 2.14. The number of carbonyl (C=O) groups is 1. The minimum atomic E-state index is -0.458. The van der Waals surface area contributed by atoms with Crippen LogP contribution in [0.2, 0.25) is 10.0 Å². The average Bonchev–Trinajstić information content (AvgIpc) is 2.95. The lowest BCUT2D eigenvalue weighted by Crippen LogP contribution is -2.12. The second-order valence-electron chi connectivity index (χ2n) is 4.24. The fourth-order valence-electron chi connectivity index (χ4n) is 1.72. The molecule has 2 aromatic heterocycles. The summed E-state index contributed by atoms with van der Waals surface area (Å²) in [5.41, 5.74) is 0.802. The third kappa shape index (κ3) is 3.24. The van der Waals surface area contributed by atoms with Crippen molar-refractivity contribution >= 4 is 35.1 Å². The quantitative estimate of drug-likeness (QED) is 0.789. The van der Waals surface area contributed by atoms with E-state index in [-0.39, 0.29) is 17.5 Å². The zero-order valence-electron chi connectivity index (χ0n) is 11.0. The fraction of sp³-hybridized carbons (Fsp3) is 0. The van der Waals surface area contributed by atoms with E-state index in [0.29, 0.717) is 15.7 Å². The van der Waals surface area contributed by atoms with Gasteiger partial charge in [-0.2, -0.15) is 0 Å². The van der Waals surface area contributed by atoms with Crippen LogP contribution in [-0.4, -0.2) is 21.1 Å². The maximum absolute atomic E-state index is 12.1. The summed E-state index contributed by atoms with van der Waals surface area (Å²) >= 11 is 11.7. The van der Waals surface area contributed by atoms with Crippen LogP contribution in [0.25, 0.3) is 11.6 Å². The summed E-state index contributed by atoms with van der Waals surface area (Å²) in [5, 5.41) is 10.8. The Balaban J connectivity index is 1.79. The molecule has 0 aliphatic rings. The minimum absolute atomic E-state index is 0.0400. The van der Waals surface area contributed by atoms with Gasteiger partial charge in [-0.05, 0) is 30.3 Å². The van der Waals surface area contributed by atoms with Crippen molar-refractivity contribution in [2.24, 2.45) is 0 Å². The number of anilines is 1. The Morgan fingerprint density at radius 2 is 1.86 bits per heavy atom. The van der Waals surface area contributed by atoms with Crippen LogP contribution in [-0.2, 0) is 0 Å². The van der Waals surface area contributed by atoms with Crippen LogP contribution in [0.3, 0.4) is 0 Å². The van der Waals surface area contributed by atoms with Gasteiger partial charge in [0.25, 0.3) is 11.8 Å². The molecule has 3 aromatic rings. The molecule has 0 atom stereocenters. The molecule has 0 spiro atoms. The number of aromatic nitrogens is 3. The first kappa shape index (κ1) is 14.5. The van der Waals surface area contributed by atoms with Gasteiger partial charge < -0.3 is 4.42 Å². The smallest absolute Gasteiger partial charge is 0.322 e. The summed E-state index contributed by atoms with van der Waals surface area (Å²) in [6.07, 6.45) is 1.60. The predicted molar refractivity (Wildman–Crippen MR) is 81.9 cm³/mol. The molecule has 1 amide bonds. The standard InChI is InChI=1S/C14H8Cl2N4O2/c15-9-5-8(6-10(16)7-9)12(21)18-14-20-19-13(22-14)11-3-1-2-4-17-11/h1-7H,(H,18,20,21). The molecular formula is C14H8Cl2N4O2. The van der Waals surface area contributed by atoms with E-state index in [9.17, 15) is 4.79 Å². The molecule has 0 radical (unpaired) electrons. The highest BCUT2D eigenvalue weighted by atomic mass is 35.5. The van der Waals surface area contributed by atoms with Crippen LogP contribution < -0.4 is 5.32 Å². The molecule has 8 heteroatoms. The van der Waals surface area contributed by atoms with Crippen molar-refractivity contribution < 1.29 is 9.21 Å². The zero-order valence-corrected chi connectivity index (χ0v) is 12.5. The molecule has 2 heterocycles. The Bertz CT molecular complexity index is 800. The summed E-state index contributed by atoms with van der Waals surface area (Å²) in [7, 11) is 0. The first-order valence-electron chi connectivity index (χ1n) is 6.14. The normalized spacial score (nSPS) is 10.5. The topological polar surface area (TPSA) is 80.9 Å². The van der Waals surface area contributed by atoms with E-state index in [4.69, 9.17) is 27.6 Å². The van der Waals surface area contributed by atoms with Gasteiger partial charge in [-0.1, -0.05) is 34.4 Å². The molecule has 0 fully saturated rings. The third-order valence-electron chi connectivity index (χ3n) is 2.65. The summed E-state index contributed by atoms with van der Waals surface area (Å²) < 4.78 is 5.34. The first-order valence-corrected chi connectivity index (χ1v) is 6.90. The van der Waals surface area contributed by atoms with Crippen LogP contribution in [0, 0.1) is 0 Å². The Morgan fingerprint density at radius 3 is 2.55 bits per heavy atom. The summed E-state index contributed by atoms with van der Waals surface area (Å²) in [5.74, 6) is -0.249. The lowest BCUT2D eigenvalue weighted by atomic mass is 10.2. The highest BCUT2D eigenvalue weighted by molar-refractivity contribution is 6.35. The molecule has 0 bridgehead atoms. The number of rotatable bonds is 3. The molecule has 1 aromatic carbocycles. The van der Waals surface area contributed by atoms with E-state index in [1.54, 1.807) is 24.4 Å². The molecule has 110 valence electrons. The van der Waals surface area contributed by atoms with Crippen molar-refractivity contribution in [3.05, 3.63) is 58.2 Å². The summed E-state index contributed by atoms with van der Waals surface area (Å²) in [4.78, 5) is 16.2. The van der Waals surface area contributed by atoms with Crippen molar-refractivity contribution in [3.63, 3.8) is 0 Å². The molecular weight excluding hydrogens is 327 g/mol. The highest BCUT2D eigenvalue weighted by Crippen LogP contribution is 2.21. The summed E-state index contributed by atoms with van der Waals surface area (Å²) in [6, 6.07) is 9.74. The van der Waals surface area contributed by atoms with Gasteiger partial charge in [0, 0.05) is 21.8 Å². The van der Waals surface area contributed by atoms with E-state index in [1.807, 2.05) is 0 Å². The molecule has 0 unspecified atom stereocenters. The van der Waals surface area contributed by atoms with Gasteiger partial charge in [0.1, 0.15) is 5.69 Å². The van der Waals surface area contributed by atoms with Crippen LogP contribution in [0.5, 0.6) is 0 Å². The third-order valence-corrected chi connectivity index (χ3v) is 3.09. The van der Waals surface area contributed by atoms with Gasteiger partial charge in [-0.15, -0.1) is 5.10 Å². The number of amides is 1. The fourth-order valence-corrected chi connectivity index (χ4v) is 2.25. The number of pyridine rings is 1. The zero-order chi connectivity index (χ0) is 15.5.